The lowest BCUT2D eigenvalue weighted by Gasteiger charge is -2.37. The molecule has 38 heavy (non-hydrogen) atoms. The van der Waals surface area contributed by atoms with E-state index in [1.165, 1.54) is 38.5 Å². The molecular formula is C32H36N6. The third-order valence-electron chi connectivity index (χ3n) is 7.81. The highest BCUT2D eigenvalue weighted by atomic mass is 15.4. The summed E-state index contributed by atoms with van der Waals surface area (Å²) in [4.78, 5) is 19.8. The van der Waals surface area contributed by atoms with E-state index in [1.54, 1.807) is 0 Å². The second-order valence-corrected chi connectivity index (χ2v) is 10.3. The molecule has 3 heterocycles. The number of nitrogens with one attached hydrogen (secondary N) is 1. The van der Waals surface area contributed by atoms with E-state index in [-0.39, 0.29) is 0 Å². The summed E-state index contributed by atoms with van der Waals surface area (Å²) in [5.74, 6) is 2.18. The number of aromatic nitrogens is 3. The van der Waals surface area contributed by atoms with Gasteiger partial charge < -0.3 is 15.1 Å². The second-order valence-electron chi connectivity index (χ2n) is 10.3. The minimum absolute atomic E-state index is 0.609. The summed E-state index contributed by atoms with van der Waals surface area (Å²) in [5, 5.41) is 3.88. The Balaban J connectivity index is 1.52. The van der Waals surface area contributed by atoms with Crippen molar-refractivity contribution in [2.24, 2.45) is 0 Å². The van der Waals surface area contributed by atoms with Gasteiger partial charge in [-0.2, -0.15) is 15.0 Å². The van der Waals surface area contributed by atoms with Gasteiger partial charge in [-0.3, -0.25) is 0 Å². The molecule has 2 saturated heterocycles. The van der Waals surface area contributed by atoms with Crippen molar-refractivity contribution in [3.05, 3.63) is 108 Å². The number of anilines is 3. The number of nitrogens with zero attached hydrogens (tertiary/aromatic N) is 5. The lowest BCUT2D eigenvalue weighted by atomic mass is 9.77. The van der Waals surface area contributed by atoms with Crippen molar-refractivity contribution in [3.63, 3.8) is 0 Å². The van der Waals surface area contributed by atoms with Gasteiger partial charge in [0.2, 0.25) is 17.8 Å². The summed E-state index contributed by atoms with van der Waals surface area (Å²) in [6, 6.07) is 31.9. The molecule has 1 aromatic heterocycles. The van der Waals surface area contributed by atoms with Crippen LogP contribution in [0, 0.1) is 0 Å². The van der Waals surface area contributed by atoms with E-state index in [0.29, 0.717) is 5.95 Å². The molecule has 0 amide bonds. The molecule has 4 aromatic rings. The van der Waals surface area contributed by atoms with Gasteiger partial charge in [0, 0.05) is 26.2 Å². The molecule has 0 atom stereocenters. The molecule has 2 fully saturated rings. The van der Waals surface area contributed by atoms with E-state index in [4.69, 9.17) is 15.0 Å². The standard InChI is InChI=1S/C32H36N6/c1-6-16-26(17-7-1)32(27-18-8-2-9-19-27,28-20-10-3-11-21-28)36-29-33-30(37-22-12-4-13-23-37)35-31(34-29)38-24-14-5-15-25-38/h1-3,6-11,16-21H,4-5,12-15,22-25H2,(H,33,34,35,36). The molecular weight excluding hydrogens is 468 g/mol. The molecule has 0 aliphatic carbocycles. The topological polar surface area (TPSA) is 57.2 Å². The Kier molecular flexibility index (Phi) is 7.20. The summed E-state index contributed by atoms with van der Waals surface area (Å²) in [6.07, 6.45) is 7.24. The quantitative estimate of drug-likeness (QED) is 0.300. The first-order chi connectivity index (χ1) is 18.8. The van der Waals surface area contributed by atoms with Gasteiger partial charge in [-0.05, 0) is 55.2 Å². The predicted octanol–water partition coefficient (Wildman–Crippen LogP) is 6.26. The first kappa shape index (κ1) is 24.4. The molecule has 6 heteroatoms. The predicted molar refractivity (Wildman–Crippen MR) is 155 cm³/mol. The number of hydrogen-bond acceptors (Lipinski definition) is 6. The van der Waals surface area contributed by atoms with Crippen LogP contribution in [-0.2, 0) is 5.54 Å². The van der Waals surface area contributed by atoms with Crippen LogP contribution in [0.1, 0.15) is 55.2 Å². The first-order valence-corrected chi connectivity index (χ1v) is 14.0. The van der Waals surface area contributed by atoms with Crippen molar-refractivity contribution in [3.8, 4) is 0 Å². The summed E-state index contributed by atoms with van der Waals surface area (Å²) < 4.78 is 0. The molecule has 2 aliphatic rings. The van der Waals surface area contributed by atoms with Crippen molar-refractivity contribution < 1.29 is 0 Å². The summed E-state index contributed by atoms with van der Waals surface area (Å²) in [5.41, 5.74) is 2.73. The molecule has 0 unspecified atom stereocenters. The zero-order valence-electron chi connectivity index (χ0n) is 22.0. The van der Waals surface area contributed by atoms with Crippen molar-refractivity contribution in [2.45, 2.75) is 44.1 Å². The number of hydrogen-bond donors (Lipinski definition) is 1. The monoisotopic (exact) mass is 504 g/mol. The number of benzene rings is 3. The fraction of sp³-hybridized carbons (Fsp3) is 0.344. The maximum Gasteiger partial charge on any atom is 0.231 e. The van der Waals surface area contributed by atoms with Crippen LogP contribution in [0.25, 0.3) is 0 Å². The van der Waals surface area contributed by atoms with Gasteiger partial charge in [-0.25, -0.2) is 0 Å². The zero-order chi connectivity index (χ0) is 25.6. The largest absolute Gasteiger partial charge is 0.341 e. The van der Waals surface area contributed by atoms with E-state index in [2.05, 4.69) is 106 Å². The van der Waals surface area contributed by atoms with E-state index in [1.807, 2.05) is 0 Å². The van der Waals surface area contributed by atoms with E-state index < -0.39 is 5.54 Å². The Morgan fingerprint density at radius 1 is 0.474 bits per heavy atom. The van der Waals surface area contributed by atoms with Gasteiger partial charge in [0.15, 0.2) is 0 Å². The SMILES string of the molecule is c1ccc(C(Nc2nc(N3CCCCC3)nc(N3CCCCC3)n2)(c2ccccc2)c2ccccc2)cc1. The van der Waals surface area contributed by atoms with Gasteiger partial charge in [0.1, 0.15) is 5.54 Å². The van der Waals surface area contributed by atoms with Crippen LogP contribution in [0.15, 0.2) is 91.0 Å². The Morgan fingerprint density at radius 2 is 0.842 bits per heavy atom. The van der Waals surface area contributed by atoms with Gasteiger partial charge >= 0.3 is 0 Å². The molecule has 6 rings (SSSR count). The Bertz CT molecular complexity index is 1170. The fourth-order valence-electron chi connectivity index (χ4n) is 5.83. The van der Waals surface area contributed by atoms with Crippen LogP contribution in [0.3, 0.4) is 0 Å². The Morgan fingerprint density at radius 3 is 1.21 bits per heavy atom. The smallest absolute Gasteiger partial charge is 0.231 e. The lowest BCUT2D eigenvalue weighted by molar-refractivity contribution is 0.555. The highest BCUT2D eigenvalue weighted by Crippen LogP contribution is 2.39. The van der Waals surface area contributed by atoms with Crippen LogP contribution >= 0.6 is 0 Å². The van der Waals surface area contributed by atoms with Gasteiger partial charge in [-0.1, -0.05) is 91.0 Å². The third-order valence-corrected chi connectivity index (χ3v) is 7.81. The molecule has 6 nitrogen and oxygen atoms in total. The Hall–Kier alpha value is -3.93. The molecule has 194 valence electrons. The van der Waals surface area contributed by atoms with Crippen molar-refractivity contribution in [1.29, 1.82) is 0 Å². The number of rotatable bonds is 7. The fourth-order valence-corrected chi connectivity index (χ4v) is 5.83. The third kappa shape index (κ3) is 4.95. The lowest BCUT2D eigenvalue weighted by Crippen LogP contribution is -2.40. The van der Waals surface area contributed by atoms with Crippen molar-refractivity contribution >= 4 is 17.8 Å². The summed E-state index contributed by atoms with van der Waals surface area (Å²) in [6.45, 7) is 3.96. The maximum atomic E-state index is 5.08. The highest BCUT2D eigenvalue weighted by molar-refractivity contribution is 5.58. The molecule has 3 aromatic carbocycles. The summed E-state index contributed by atoms with van der Waals surface area (Å²) in [7, 11) is 0. The molecule has 0 bridgehead atoms. The summed E-state index contributed by atoms with van der Waals surface area (Å²) >= 11 is 0. The second kappa shape index (κ2) is 11.2. The van der Waals surface area contributed by atoms with Crippen molar-refractivity contribution in [1.82, 2.24) is 15.0 Å². The molecule has 0 spiro atoms. The minimum Gasteiger partial charge on any atom is -0.341 e. The van der Waals surface area contributed by atoms with Crippen LogP contribution in [0.5, 0.6) is 0 Å². The minimum atomic E-state index is -0.677. The Labute approximate surface area is 225 Å². The van der Waals surface area contributed by atoms with E-state index in [9.17, 15) is 0 Å². The van der Waals surface area contributed by atoms with Crippen LogP contribution < -0.4 is 15.1 Å². The van der Waals surface area contributed by atoms with Crippen LogP contribution in [-0.4, -0.2) is 41.1 Å². The van der Waals surface area contributed by atoms with E-state index in [0.717, 1.165) is 54.8 Å². The van der Waals surface area contributed by atoms with Gasteiger partial charge in [0.05, 0.1) is 0 Å². The van der Waals surface area contributed by atoms with Crippen molar-refractivity contribution in [2.75, 3.05) is 41.3 Å². The van der Waals surface area contributed by atoms with Crippen LogP contribution in [0.2, 0.25) is 0 Å². The maximum absolute atomic E-state index is 5.08. The zero-order valence-corrected chi connectivity index (χ0v) is 22.0. The van der Waals surface area contributed by atoms with E-state index >= 15 is 0 Å². The van der Waals surface area contributed by atoms with Crippen LogP contribution in [0.4, 0.5) is 17.8 Å². The average molecular weight is 505 g/mol. The molecule has 1 N–H and O–H groups in total. The normalized spacial score (nSPS) is 16.3. The molecule has 0 saturated carbocycles. The molecule has 0 radical (unpaired) electrons. The highest BCUT2D eigenvalue weighted by Gasteiger charge is 2.37. The first-order valence-electron chi connectivity index (χ1n) is 14.0. The van der Waals surface area contributed by atoms with Gasteiger partial charge in [0.25, 0.3) is 0 Å². The number of piperidine rings is 2. The van der Waals surface area contributed by atoms with Gasteiger partial charge in [-0.15, -0.1) is 0 Å². The molecule has 2 aliphatic heterocycles. The average Bonchev–Trinajstić information content (AvgIpc) is 3.02.